The quantitative estimate of drug-likeness (QED) is 0.129. The van der Waals surface area contributed by atoms with E-state index >= 15 is 0 Å². The van der Waals surface area contributed by atoms with Crippen molar-refractivity contribution in [3.8, 4) is 0 Å². The largest absolute Gasteiger partial charge is 0.481 e. The Hall–Kier alpha value is -2.85. The van der Waals surface area contributed by atoms with Crippen LogP contribution in [-0.4, -0.2) is 105 Å². The van der Waals surface area contributed by atoms with E-state index in [0.29, 0.717) is 0 Å². The molecule has 0 aromatic rings. The summed E-state index contributed by atoms with van der Waals surface area (Å²) < 4.78 is 10.6. The molecule has 0 aliphatic carbocycles. The fraction of sp³-hybridized carbons (Fsp3) is 0.737. The number of carboxylic acids is 1. The van der Waals surface area contributed by atoms with Crippen molar-refractivity contribution in [2.75, 3.05) is 6.61 Å². The van der Waals surface area contributed by atoms with Gasteiger partial charge in [-0.1, -0.05) is 0 Å². The van der Waals surface area contributed by atoms with Crippen LogP contribution in [0, 0.1) is 0 Å². The van der Waals surface area contributed by atoms with Crippen LogP contribution in [0.4, 0.5) is 0 Å². The van der Waals surface area contributed by atoms with Crippen LogP contribution in [0.3, 0.4) is 0 Å². The zero-order chi connectivity index (χ0) is 26.2. The molecule has 1 fully saturated rings. The second kappa shape index (κ2) is 13.1. The number of amides is 4. The summed E-state index contributed by atoms with van der Waals surface area (Å²) in [6, 6.07) is -3.71. The molecule has 34 heavy (non-hydrogen) atoms. The van der Waals surface area contributed by atoms with Gasteiger partial charge in [0.1, 0.15) is 42.5 Å². The molecule has 1 aliphatic heterocycles. The highest BCUT2D eigenvalue weighted by molar-refractivity contribution is 5.92. The Balaban J connectivity index is 2.80. The van der Waals surface area contributed by atoms with Crippen LogP contribution in [0.1, 0.15) is 33.6 Å². The average molecular weight is 492 g/mol. The molecule has 1 heterocycles. The smallest absolute Gasteiger partial charge is 0.303 e. The molecule has 0 unspecified atom stereocenters. The highest BCUT2D eigenvalue weighted by Gasteiger charge is 2.47. The van der Waals surface area contributed by atoms with Crippen molar-refractivity contribution in [3.63, 3.8) is 0 Å². The molecule has 0 aromatic carbocycles. The third kappa shape index (κ3) is 8.49. The Morgan fingerprint density at radius 2 is 1.71 bits per heavy atom. The normalized spacial score (nSPS) is 27.1. The average Bonchev–Trinajstić information content (AvgIpc) is 2.74. The SMILES string of the molecule is CC(=O)N[C@@H]1[C@@H](O[C@H](C)C(=O)N[C@@H](C)C(=O)N[C@@H](CCC(=O)O)C(N)=O)[C@H](O)[C@@H](CO)O[C@@H]1O. The van der Waals surface area contributed by atoms with E-state index < -0.39 is 91.5 Å². The van der Waals surface area contributed by atoms with Gasteiger partial charge in [-0.15, -0.1) is 0 Å². The van der Waals surface area contributed by atoms with E-state index in [2.05, 4.69) is 16.0 Å². The maximum atomic E-state index is 12.5. The first kappa shape index (κ1) is 29.2. The van der Waals surface area contributed by atoms with E-state index in [9.17, 15) is 39.3 Å². The Morgan fingerprint density at radius 1 is 1.09 bits per heavy atom. The number of aliphatic hydroxyl groups is 3. The zero-order valence-corrected chi connectivity index (χ0v) is 19.0. The molecule has 4 amide bonds. The topological polar surface area (TPSA) is 247 Å². The summed E-state index contributed by atoms with van der Waals surface area (Å²) in [5, 5.41) is 45.5. The molecular formula is C19H32N4O11. The van der Waals surface area contributed by atoms with Crippen LogP contribution in [0.15, 0.2) is 0 Å². The van der Waals surface area contributed by atoms with Crippen molar-refractivity contribution < 1.29 is 53.9 Å². The van der Waals surface area contributed by atoms with Crippen LogP contribution in [0.5, 0.6) is 0 Å². The summed E-state index contributed by atoms with van der Waals surface area (Å²) in [4.78, 5) is 58.4. The third-order valence-electron chi connectivity index (χ3n) is 5.03. The molecule has 1 rings (SSSR count). The minimum atomic E-state index is -1.65. The van der Waals surface area contributed by atoms with Crippen molar-refractivity contribution in [1.82, 2.24) is 16.0 Å². The lowest BCUT2D eigenvalue weighted by atomic mass is 9.96. The van der Waals surface area contributed by atoms with E-state index in [1.807, 2.05) is 0 Å². The minimum Gasteiger partial charge on any atom is -0.481 e. The van der Waals surface area contributed by atoms with Crippen LogP contribution < -0.4 is 21.7 Å². The van der Waals surface area contributed by atoms with Crippen molar-refractivity contribution in [1.29, 1.82) is 0 Å². The fourth-order valence-corrected chi connectivity index (χ4v) is 3.18. The highest BCUT2D eigenvalue weighted by atomic mass is 16.6. The van der Waals surface area contributed by atoms with Crippen LogP contribution in [0.25, 0.3) is 0 Å². The molecule has 0 spiro atoms. The van der Waals surface area contributed by atoms with Gasteiger partial charge >= 0.3 is 5.97 Å². The summed E-state index contributed by atoms with van der Waals surface area (Å²) in [7, 11) is 0. The van der Waals surface area contributed by atoms with Crippen LogP contribution in [-0.2, 0) is 33.4 Å². The first-order valence-corrected chi connectivity index (χ1v) is 10.4. The van der Waals surface area contributed by atoms with Gasteiger partial charge in [0.25, 0.3) is 0 Å². The molecule has 0 bridgehead atoms. The van der Waals surface area contributed by atoms with E-state index in [1.54, 1.807) is 0 Å². The van der Waals surface area contributed by atoms with Crippen molar-refractivity contribution >= 4 is 29.6 Å². The second-order valence-electron chi connectivity index (χ2n) is 7.83. The van der Waals surface area contributed by atoms with Gasteiger partial charge in [-0.3, -0.25) is 24.0 Å². The third-order valence-corrected chi connectivity index (χ3v) is 5.03. The van der Waals surface area contributed by atoms with Crippen molar-refractivity contribution in [2.24, 2.45) is 5.73 Å². The fourth-order valence-electron chi connectivity index (χ4n) is 3.18. The number of carbonyl (C=O) groups excluding carboxylic acids is 4. The predicted molar refractivity (Wildman–Crippen MR) is 112 cm³/mol. The Labute approximate surface area is 195 Å². The Morgan fingerprint density at radius 3 is 2.21 bits per heavy atom. The van der Waals surface area contributed by atoms with Crippen LogP contribution >= 0.6 is 0 Å². The predicted octanol–water partition coefficient (Wildman–Crippen LogP) is -4.33. The number of primary amides is 1. The van der Waals surface area contributed by atoms with Gasteiger partial charge in [0.05, 0.1) is 6.61 Å². The molecule has 1 saturated heterocycles. The monoisotopic (exact) mass is 492 g/mol. The van der Waals surface area contributed by atoms with Gasteiger partial charge in [-0.2, -0.15) is 0 Å². The number of hydrogen-bond donors (Lipinski definition) is 8. The zero-order valence-electron chi connectivity index (χ0n) is 19.0. The molecule has 9 N–H and O–H groups in total. The summed E-state index contributed by atoms with van der Waals surface area (Å²) in [5.41, 5.74) is 5.16. The number of ether oxygens (including phenoxy) is 2. The van der Waals surface area contributed by atoms with E-state index in [1.165, 1.54) is 13.8 Å². The van der Waals surface area contributed by atoms with Gasteiger partial charge in [-0.25, -0.2) is 0 Å². The lowest BCUT2D eigenvalue weighted by Crippen LogP contribution is -2.65. The van der Waals surface area contributed by atoms with Gasteiger partial charge < -0.3 is 51.6 Å². The molecule has 15 nitrogen and oxygen atoms in total. The lowest BCUT2D eigenvalue weighted by Gasteiger charge is -2.43. The maximum Gasteiger partial charge on any atom is 0.303 e. The molecule has 0 radical (unpaired) electrons. The van der Waals surface area contributed by atoms with Crippen molar-refractivity contribution in [2.45, 2.75) is 82.4 Å². The van der Waals surface area contributed by atoms with E-state index in [4.69, 9.17) is 20.3 Å². The number of carboxylic acid groups (broad SMARTS) is 1. The van der Waals surface area contributed by atoms with Gasteiger partial charge in [0, 0.05) is 13.3 Å². The lowest BCUT2D eigenvalue weighted by molar-refractivity contribution is -0.266. The molecule has 0 aromatic heterocycles. The van der Waals surface area contributed by atoms with E-state index in [-0.39, 0.29) is 6.42 Å². The molecule has 194 valence electrons. The molecule has 15 heteroatoms. The summed E-state index contributed by atoms with van der Waals surface area (Å²) in [6.07, 6.45) is -7.74. The number of nitrogens with one attached hydrogen (secondary N) is 3. The van der Waals surface area contributed by atoms with Gasteiger partial charge in [0.2, 0.25) is 23.6 Å². The summed E-state index contributed by atoms with van der Waals surface area (Å²) in [6.45, 7) is 3.06. The Kier molecular flexibility index (Phi) is 11.3. The Bertz CT molecular complexity index is 765. The van der Waals surface area contributed by atoms with Gasteiger partial charge in [0.15, 0.2) is 6.29 Å². The van der Waals surface area contributed by atoms with Crippen molar-refractivity contribution in [3.05, 3.63) is 0 Å². The molecular weight excluding hydrogens is 460 g/mol. The number of carbonyl (C=O) groups is 5. The summed E-state index contributed by atoms with van der Waals surface area (Å²) >= 11 is 0. The number of hydrogen-bond acceptors (Lipinski definition) is 10. The second-order valence-corrected chi connectivity index (χ2v) is 7.83. The van der Waals surface area contributed by atoms with E-state index in [0.717, 1.165) is 6.92 Å². The molecule has 1 aliphatic rings. The number of rotatable bonds is 12. The number of aliphatic carboxylic acids is 1. The standard InChI is InChI=1S/C19H32N4O11/c1-7(17(30)23-10(16(20)29)4-5-12(26)27)21-18(31)8(2)33-15-13(22-9(3)25)19(32)34-11(6-24)14(15)28/h7-8,10-11,13-15,19,24,28,32H,4-6H2,1-3H3,(H2,20,29)(H,21,31)(H,22,25)(H,23,30)(H,26,27)/t7-,8+,10-,11+,13+,14+,15+,19-/m0/s1. The van der Waals surface area contributed by atoms with Gasteiger partial charge in [-0.05, 0) is 20.3 Å². The molecule has 0 saturated carbocycles. The highest BCUT2D eigenvalue weighted by Crippen LogP contribution is 2.23. The summed E-state index contributed by atoms with van der Waals surface area (Å²) in [5.74, 6) is -4.34. The molecule has 8 atom stereocenters. The first-order valence-electron chi connectivity index (χ1n) is 10.4. The maximum absolute atomic E-state index is 12.5. The minimum absolute atomic E-state index is 0.239. The van der Waals surface area contributed by atoms with Crippen LogP contribution in [0.2, 0.25) is 0 Å². The number of aliphatic hydroxyl groups excluding tert-OH is 3. The number of nitrogens with two attached hydrogens (primary N) is 1. The first-order chi connectivity index (χ1) is 15.8.